The Morgan fingerprint density at radius 3 is 2.64 bits per heavy atom. The Bertz CT molecular complexity index is 296. The van der Waals surface area contributed by atoms with E-state index in [4.69, 9.17) is 5.11 Å². The Morgan fingerprint density at radius 1 is 1.36 bits per heavy atom. The second kappa shape index (κ2) is 5.01. The smallest absolute Gasteiger partial charge is 0.0606 e. The van der Waals surface area contributed by atoms with Crippen molar-refractivity contribution in [3.05, 3.63) is 29.3 Å². The van der Waals surface area contributed by atoms with E-state index in [9.17, 15) is 0 Å². The van der Waals surface area contributed by atoms with Crippen molar-refractivity contribution >= 4 is 5.69 Å². The average Bonchev–Trinajstić information content (AvgIpc) is 2.19. The van der Waals surface area contributed by atoms with Gasteiger partial charge in [0.1, 0.15) is 0 Å². The molecule has 0 radical (unpaired) electrons. The lowest BCUT2D eigenvalue weighted by atomic mass is 10.1. The predicted molar refractivity (Wildman–Crippen MR) is 60.9 cm³/mol. The molecule has 0 aromatic heterocycles. The molecule has 78 valence electrons. The first-order valence-corrected chi connectivity index (χ1v) is 5.10. The molecule has 0 aliphatic heterocycles. The van der Waals surface area contributed by atoms with Gasteiger partial charge in [-0.3, -0.25) is 0 Å². The van der Waals surface area contributed by atoms with Crippen molar-refractivity contribution in [2.24, 2.45) is 0 Å². The van der Waals surface area contributed by atoms with E-state index in [1.165, 1.54) is 16.8 Å². The quantitative estimate of drug-likeness (QED) is 0.790. The van der Waals surface area contributed by atoms with Gasteiger partial charge < -0.3 is 10.0 Å². The first kappa shape index (κ1) is 11.1. The maximum absolute atomic E-state index is 8.84. The number of likely N-dealkylation sites (N-methyl/N-ethyl adjacent to an activating group) is 1. The lowest BCUT2D eigenvalue weighted by Crippen LogP contribution is -2.21. The zero-order valence-corrected chi connectivity index (χ0v) is 9.25. The summed E-state index contributed by atoms with van der Waals surface area (Å²) in [4.78, 5) is 2.07. The third-order valence-electron chi connectivity index (χ3n) is 2.59. The van der Waals surface area contributed by atoms with Gasteiger partial charge in [-0.25, -0.2) is 0 Å². The third-order valence-corrected chi connectivity index (χ3v) is 2.59. The van der Waals surface area contributed by atoms with Gasteiger partial charge in [0.2, 0.25) is 0 Å². The molecule has 1 aromatic rings. The summed E-state index contributed by atoms with van der Waals surface area (Å²) in [6.07, 6.45) is 1.06. The summed E-state index contributed by atoms with van der Waals surface area (Å²) in [5.41, 5.74) is 3.91. The number of aliphatic hydroxyl groups excluding tert-OH is 1. The van der Waals surface area contributed by atoms with Crippen molar-refractivity contribution < 1.29 is 5.11 Å². The molecule has 1 aromatic carbocycles. The molecule has 0 aliphatic rings. The molecule has 1 rings (SSSR count). The summed E-state index contributed by atoms with van der Waals surface area (Å²) < 4.78 is 0. The van der Waals surface area contributed by atoms with Crippen molar-refractivity contribution in [3.63, 3.8) is 0 Å². The van der Waals surface area contributed by atoms with E-state index in [0.29, 0.717) is 6.54 Å². The fourth-order valence-corrected chi connectivity index (χ4v) is 1.56. The highest BCUT2D eigenvalue weighted by molar-refractivity contribution is 5.50. The van der Waals surface area contributed by atoms with Crippen molar-refractivity contribution in [1.82, 2.24) is 0 Å². The topological polar surface area (TPSA) is 23.5 Å². The van der Waals surface area contributed by atoms with Crippen LogP contribution in [0.5, 0.6) is 0 Å². The summed E-state index contributed by atoms with van der Waals surface area (Å²) in [7, 11) is 2.00. The SMILES string of the molecule is CCc1cc(N(C)CCO)ccc1C. The molecule has 14 heavy (non-hydrogen) atoms. The number of hydrogen-bond donors (Lipinski definition) is 1. The minimum Gasteiger partial charge on any atom is -0.395 e. The standard InChI is InChI=1S/C12H19NO/c1-4-11-9-12(6-5-10(11)2)13(3)7-8-14/h5-6,9,14H,4,7-8H2,1-3H3. The number of nitrogens with zero attached hydrogens (tertiary/aromatic N) is 1. The van der Waals surface area contributed by atoms with Crippen LogP contribution in [-0.2, 0) is 6.42 Å². The molecule has 0 fully saturated rings. The van der Waals surface area contributed by atoms with Gasteiger partial charge in [0, 0.05) is 19.3 Å². The lowest BCUT2D eigenvalue weighted by molar-refractivity contribution is 0.304. The van der Waals surface area contributed by atoms with Crippen molar-refractivity contribution in [2.75, 3.05) is 25.1 Å². The van der Waals surface area contributed by atoms with Crippen LogP contribution in [0.25, 0.3) is 0 Å². The van der Waals surface area contributed by atoms with Crippen molar-refractivity contribution in [2.45, 2.75) is 20.3 Å². The summed E-state index contributed by atoms with van der Waals surface area (Å²) in [6, 6.07) is 6.44. The number of aliphatic hydroxyl groups is 1. The van der Waals surface area contributed by atoms with E-state index >= 15 is 0 Å². The zero-order chi connectivity index (χ0) is 10.6. The summed E-state index contributed by atoms with van der Waals surface area (Å²) >= 11 is 0. The molecular formula is C12H19NO. The van der Waals surface area contributed by atoms with Crippen LogP contribution >= 0.6 is 0 Å². The van der Waals surface area contributed by atoms with Crippen LogP contribution in [0.3, 0.4) is 0 Å². The maximum atomic E-state index is 8.84. The fraction of sp³-hybridized carbons (Fsp3) is 0.500. The molecule has 0 saturated carbocycles. The van der Waals surface area contributed by atoms with Crippen LogP contribution in [0.15, 0.2) is 18.2 Å². The highest BCUT2D eigenvalue weighted by Crippen LogP contribution is 2.18. The normalized spacial score (nSPS) is 10.3. The lowest BCUT2D eigenvalue weighted by Gasteiger charge is -2.19. The van der Waals surface area contributed by atoms with Crippen LogP contribution in [-0.4, -0.2) is 25.3 Å². The second-order valence-corrected chi connectivity index (χ2v) is 3.61. The van der Waals surface area contributed by atoms with E-state index in [-0.39, 0.29) is 6.61 Å². The van der Waals surface area contributed by atoms with E-state index < -0.39 is 0 Å². The molecule has 0 aliphatic carbocycles. The van der Waals surface area contributed by atoms with Gasteiger partial charge in [0.15, 0.2) is 0 Å². The maximum Gasteiger partial charge on any atom is 0.0606 e. The van der Waals surface area contributed by atoms with E-state index in [1.807, 2.05) is 7.05 Å². The highest BCUT2D eigenvalue weighted by Gasteiger charge is 2.02. The first-order chi connectivity index (χ1) is 6.69. The third kappa shape index (κ3) is 2.48. The van der Waals surface area contributed by atoms with Crippen LogP contribution in [0, 0.1) is 6.92 Å². The largest absolute Gasteiger partial charge is 0.395 e. The summed E-state index contributed by atoms with van der Waals surface area (Å²) in [5.74, 6) is 0. The molecule has 0 bridgehead atoms. The monoisotopic (exact) mass is 193 g/mol. The zero-order valence-electron chi connectivity index (χ0n) is 9.25. The number of hydrogen-bond acceptors (Lipinski definition) is 2. The van der Waals surface area contributed by atoms with Gasteiger partial charge in [-0.05, 0) is 36.6 Å². The van der Waals surface area contributed by atoms with Crippen molar-refractivity contribution in [1.29, 1.82) is 0 Å². The van der Waals surface area contributed by atoms with Crippen molar-refractivity contribution in [3.8, 4) is 0 Å². The average molecular weight is 193 g/mol. The minimum atomic E-state index is 0.200. The Balaban J connectivity index is 2.88. The summed E-state index contributed by atoms with van der Waals surface area (Å²) in [5, 5.41) is 8.84. The van der Waals surface area contributed by atoms with E-state index in [2.05, 4.69) is 36.9 Å². The van der Waals surface area contributed by atoms with Gasteiger partial charge in [-0.2, -0.15) is 0 Å². The second-order valence-electron chi connectivity index (χ2n) is 3.61. The van der Waals surface area contributed by atoms with Gasteiger partial charge in [0.25, 0.3) is 0 Å². The Morgan fingerprint density at radius 2 is 2.07 bits per heavy atom. The molecule has 0 spiro atoms. The molecular weight excluding hydrogens is 174 g/mol. The first-order valence-electron chi connectivity index (χ1n) is 5.10. The van der Waals surface area contributed by atoms with Crippen LogP contribution in [0.1, 0.15) is 18.1 Å². The molecule has 1 N–H and O–H groups in total. The Kier molecular flexibility index (Phi) is 3.96. The molecule has 0 atom stereocenters. The summed E-state index contributed by atoms with van der Waals surface area (Å²) in [6.45, 7) is 5.19. The molecule has 2 heteroatoms. The van der Waals surface area contributed by atoms with Crippen LogP contribution in [0.4, 0.5) is 5.69 Å². The van der Waals surface area contributed by atoms with E-state index in [0.717, 1.165) is 6.42 Å². The van der Waals surface area contributed by atoms with Crippen LogP contribution in [0.2, 0.25) is 0 Å². The molecule has 0 heterocycles. The van der Waals surface area contributed by atoms with Crippen LogP contribution < -0.4 is 4.90 Å². The van der Waals surface area contributed by atoms with Gasteiger partial charge in [-0.15, -0.1) is 0 Å². The van der Waals surface area contributed by atoms with Gasteiger partial charge in [-0.1, -0.05) is 13.0 Å². The molecule has 0 saturated heterocycles. The number of anilines is 1. The number of benzene rings is 1. The minimum absolute atomic E-state index is 0.200. The van der Waals surface area contributed by atoms with Gasteiger partial charge >= 0.3 is 0 Å². The predicted octanol–water partition coefficient (Wildman–Crippen LogP) is 1.99. The molecule has 0 unspecified atom stereocenters. The van der Waals surface area contributed by atoms with E-state index in [1.54, 1.807) is 0 Å². The number of rotatable bonds is 4. The molecule has 0 amide bonds. The number of aryl methyl sites for hydroxylation is 2. The Hall–Kier alpha value is -1.02. The fourth-order valence-electron chi connectivity index (χ4n) is 1.56. The Labute approximate surface area is 86.2 Å². The highest BCUT2D eigenvalue weighted by atomic mass is 16.3. The molecule has 2 nitrogen and oxygen atoms in total. The van der Waals surface area contributed by atoms with Gasteiger partial charge in [0.05, 0.1) is 6.61 Å².